The number of hydrogen-bond acceptors (Lipinski definition) is 3. The summed E-state index contributed by atoms with van der Waals surface area (Å²) in [7, 11) is 1.37. The summed E-state index contributed by atoms with van der Waals surface area (Å²) in [6, 6.07) is 6.73. The number of alkyl halides is 3. The van der Waals surface area contributed by atoms with Gasteiger partial charge in [-0.15, -0.1) is 0 Å². The second-order valence-corrected chi connectivity index (χ2v) is 6.17. The van der Waals surface area contributed by atoms with Gasteiger partial charge >= 0.3 is 6.18 Å². The summed E-state index contributed by atoms with van der Waals surface area (Å²) in [5, 5.41) is 5.02. The number of nitrogens with zero attached hydrogens (tertiary/aromatic N) is 1. The van der Waals surface area contributed by atoms with Crippen molar-refractivity contribution in [3.63, 3.8) is 0 Å². The molecule has 0 unspecified atom stereocenters. The maximum Gasteiger partial charge on any atom is 0.401 e. The van der Waals surface area contributed by atoms with Crippen LogP contribution in [0.25, 0.3) is 0 Å². The van der Waals surface area contributed by atoms with Crippen LogP contribution in [0.15, 0.2) is 28.7 Å². The van der Waals surface area contributed by atoms with E-state index in [-0.39, 0.29) is 25.5 Å². The number of carbonyl (C=O) groups excluding carboxylic acids is 2. The number of hydrogen-bond donors (Lipinski definition) is 2. The Kier molecular flexibility index (Phi) is 8.20. The third-order valence-electron chi connectivity index (χ3n) is 2.98. The van der Waals surface area contributed by atoms with E-state index in [4.69, 9.17) is 0 Å². The van der Waals surface area contributed by atoms with Crippen molar-refractivity contribution in [2.45, 2.75) is 12.6 Å². The topological polar surface area (TPSA) is 61.4 Å². The number of carbonyl (C=O) groups is 2. The molecule has 0 spiro atoms. The first-order chi connectivity index (χ1) is 11.2. The minimum absolute atomic E-state index is 0.191. The van der Waals surface area contributed by atoms with Crippen LogP contribution in [0.4, 0.5) is 13.2 Å². The lowest BCUT2D eigenvalue weighted by Gasteiger charge is -2.18. The number of amides is 2. The zero-order valence-electron chi connectivity index (χ0n) is 13.1. The monoisotopic (exact) mass is 409 g/mol. The Bertz CT molecular complexity index is 567. The maximum atomic E-state index is 12.1. The minimum Gasteiger partial charge on any atom is -0.355 e. The van der Waals surface area contributed by atoms with E-state index >= 15 is 0 Å². The predicted molar refractivity (Wildman–Crippen MR) is 87.7 cm³/mol. The van der Waals surface area contributed by atoms with Crippen LogP contribution in [0.2, 0.25) is 0 Å². The van der Waals surface area contributed by atoms with E-state index in [0.717, 1.165) is 9.37 Å². The van der Waals surface area contributed by atoms with Crippen molar-refractivity contribution < 1.29 is 22.8 Å². The van der Waals surface area contributed by atoms with E-state index in [1.165, 1.54) is 7.05 Å². The molecule has 1 aromatic rings. The van der Waals surface area contributed by atoms with Gasteiger partial charge in [-0.05, 0) is 38.2 Å². The summed E-state index contributed by atoms with van der Waals surface area (Å²) >= 11 is 3.25. The highest BCUT2D eigenvalue weighted by atomic mass is 79.9. The van der Waals surface area contributed by atoms with Gasteiger partial charge in [-0.1, -0.05) is 22.0 Å². The van der Waals surface area contributed by atoms with Crippen LogP contribution >= 0.6 is 15.9 Å². The van der Waals surface area contributed by atoms with E-state index in [2.05, 4.69) is 26.6 Å². The minimum atomic E-state index is -4.23. The van der Waals surface area contributed by atoms with Gasteiger partial charge in [0.05, 0.1) is 13.1 Å². The first kappa shape index (κ1) is 20.4. The molecule has 0 aliphatic heterocycles. The van der Waals surface area contributed by atoms with Crippen molar-refractivity contribution in [3.8, 4) is 0 Å². The quantitative estimate of drug-likeness (QED) is 0.646. The van der Waals surface area contributed by atoms with Crippen molar-refractivity contribution in [2.24, 2.45) is 0 Å². The van der Waals surface area contributed by atoms with Crippen LogP contribution in [0.1, 0.15) is 16.8 Å². The van der Waals surface area contributed by atoms with Gasteiger partial charge in [-0.3, -0.25) is 14.5 Å². The Morgan fingerprint density at radius 1 is 1.25 bits per heavy atom. The summed E-state index contributed by atoms with van der Waals surface area (Å²) in [6.45, 7) is -0.717. The molecule has 9 heteroatoms. The van der Waals surface area contributed by atoms with Gasteiger partial charge in [0.25, 0.3) is 5.91 Å². The third kappa shape index (κ3) is 8.88. The molecule has 0 saturated carbocycles. The molecule has 1 rings (SSSR count). The normalized spacial score (nSPS) is 11.4. The van der Waals surface area contributed by atoms with Crippen LogP contribution in [0.5, 0.6) is 0 Å². The molecule has 134 valence electrons. The second kappa shape index (κ2) is 9.63. The fourth-order valence-corrected chi connectivity index (χ4v) is 2.32. The molecular formula is C15H19BrF3N3O2. The van der Waals surface area contributed by atoms with E-state index in [1.807, 2.05) is 0 Å². The molecule has 0 fully saturated rings. The van der Waals surface area contributed by atoms with Crippen LogP contribution in [-0.2, 0) is 4.79 Å². The number of benzene rings is 1. The first-order valence-corrected chi connectivity index (χ1v) is 8.02. The molecule has 0 aliphatic rings. The second-order valence-electron chi connectivity index (χ2n) is 5.25. The molecular weight excluding hydrogens is 391 g/mol. The van der Waals surface area contributed by atoms with Gasteiger partial charge in [0.1, 0.15) is 0 Å². The Labute approximate surface area is 146 Å². The average Bonchev–Trinajstić information content (AvgIpc) is 2.47. The predicted octanol–water partition coefficient (Wildman–Crippen LogP) is 2.18. The maximum absolute atomic E-state index is 12.1. The van der Waals surface area contributed by atoms with Crippen molar-refractivity contribution in [1.29, 1.82) is 0 Å². The summed E-state index contributed by atoms with van der Waals surface area (Å²) in [5.74, 6) is -0.770. The molecule has 0 bridgehead atoms. The number of rotatable bonds is 8. The number of nitrogens with one attached hydrogen (secondary N) is 2. The van der Waals surface area contributed by atoms with Crippen LogP contribution in [-0.4, -0.2) is 56.1 Å². The number of halogens is 4. The van der Waals surface area contributed by atoms with Gasteiger partial charge < -0.3 is 10.6 Å². The van der Waals surface area contributed by atoms with E-state index < -0.39 is 18.6 Å². The lowest BCUT2D eigenvalue weighted by atomic mass is 10.2. The zero-order chi connectivity index (χ0) is 18.2. The molecule has 0 atom stereocenters. The SMILES string of the molecule is CN(CCCNC(=O)CNC(=O)c1cccc(Br)c1)CC(F)(F)F. The first-order valence-electron chi connectivity index (χ1n) is 7.23. The lowest BCUT2D eigenvalue weighted by molar-refractivity contribution is -0.143. The molecule has 0 radical (unpaired) electrons. The van der Waals surface area contributed by atoms with Crippen LogP contribution < -0.4 is 10.6 Å². The Hall–Kier alpha value is -1.61. The fourth-order valence-electron chi connectivity index (χ4n) is 1.92. The molecule has 0 heterocycles. The van der Waals surface area contributed by atoms with Gasteiger partial charge in [0, 0.05) is 16.6 Å². The average molecular weight is 410 g/mol. The Balaban J connectivity index is 2.19. The van der Waals surface area contributed by atoms with Crippen LogP contribution in [0, 0.1) is 0 Å². The molecule has 24 heavy (non-hydrogen) atoms. The molecule has 1 aromatic carbocycles. The van der Waals surface area contributed by atoms with E-state index in [0.29, 0.717) is 12.0 Å². The molecule has 0 aromatic heterocycles. The summed E-state index contributed by atoms with van der Waals surface area (Å²) < 4.78 is 37.1. The Morgan fingerprint density at radius 2 is 1.96 bits per heavy atom. The van der Waals surface area contributed by atoms with Gasteiger partial charge in [0.2, 0.25) is 5.91 Å². The summed E-state index contributed by atoms with van der Waals surface area (Å²) in [5.41, 5.74) is 0.422. The fraction of sp³-hybridized carbons (Fsp3) is 0.467. The van der Waals surface area contributed by atoms with Crippen molar-refractivity contribution in [3.05, 3.63) is 34.3 Å². The highest BCUT2D eigenvalue weighted by molar-refractivity contribution is 9.10. The van der Waals surface area contributed by atoms with E-state index in [1.54, 1.807) is 24.3 Å². The lowest BCUT2D eigenvalue weighted by Crippen LogP contribution is -2.38. The highest BCUT2D eigenvalue weighted by Gasteiger charge is 2.28. The van der Waals surface area contributed by atoms with Gasteiger partial charge in [0.15, 0.2) is 0 Å². The van der Waals surface area contributed by atoms with Gasteiger partial charge in [-0.25, -0.2) is 0 Å². The standard InChI is InChI=1S/C15H19BrF3N3O2/c1-22(10-15(17,18)19)7-3-6-20-13(23)9-21-14(24)11-4-2-5-12(16)8-11/h2,4-5,8H,3,6-7,9-10H2,1H3,(H,20,23)(H,21,24). The van der Waals surface area contributed by atoms with Gasteiger partial charge in [-0.2, -0.15) is 13.2 Å². The van der Waals surface area contributed by atoms with Crippen molar-refractivity contribution in [2.75, 3.05) is 33.2 Å². The van der Waals surface area contributed by atoms with Crippen molar-refractivity contribution in [1.82, 2.24) is 15.5 Å². The van der Waals surface area contributed by atoms with E-state index in [9.17, 15) is 22.8 Å². The smallest absolute Gasteiger partial charge is 0.355 e. The summed E-state index contributed by atoms with van der Waals surface area (Å²) in [4.78, 5) is 24.6. The van der Waals surface area contributed by atoms with Crippen molar-refractivity contribution >= 4 is 27.7 Å². The molecule has 2 amide bonds. The molecule has 0 aliphatic carbocycles. The zero-order valence-corrected chi connectivity index (χ0v) is 14.7. The largest absolute Gasteiger partial charge is 0.401 e. The van der Waals surface area contributed by atoms with Crippen LogP contribution in [0.3, 0.4) is 0 Å². The molecule has 2 N–H and O–H groups in total. The summed E-state index contributed by atoms with van der Waals surface area (Å²) in [6.07, 6.45) is -3.84. The Morgan fingerprint density at radius 3 is 2.58 bits per heavy atom. The molecule has 0 saturated heterocycles. The highest BCUT2D eigenvalue weighted by Crippen LogP contribution is 2.15. The molecule has 5 nitrogen and oxygen atoms in total. The third-order valence-corrected chi connectivity index (χ3v) is 3.48.